The first-order valence-electron chi connectivity index (χ1n) is 4.61. The second kappa shape index (κ2) is 6.81. The molecule has 0 saturated carbocycles. The molecule has 1 aromatic rings. The molecule has 0 bridgehead atoms. The van der Waals surface area contributed by atoms with Crippen LogP contribution in [0.4, 0.5) is 0 Å². The van der Waals surface area contributed by atoms with Gasteiger partial charge in [0.05, 0.1) is 12.3 Å². The molecule has 0 atom stereocenters. The van der Waals surface area contributed by atoms with Gasteiger partial charge in [0.15, 0.2) is 0 Å². The molecule has 0 amide bonds. The fourth-order valence-electron chi connectivity index (χ4n) is 1.10. The van der Waals surface area contributed by atoms with Gasteiger partial charge in [-0.2, -0.15) is 12.6 Å². The van der Waals surface area contributed by atoms with Crippen molar-refractivity contribution in [1.29, 1.82) is 0 Å². The smallest absolute Gasteiger partial charge is 0.0884 e. The average Bonchev–Trinajstić information content (AvgIpc) is 2.21. The molecule has 4 heteroatoms. The van der Waals surface area contributed by atoms with Crippen LogP contribution in [0.5, 0.6) is 0 Å². The van der Waals surface area contributed by atoms with E-state index in [1.54, 1.807) is 7.11 Å². The number of pyridine rings is 1. The third kappa shape index (κ3) is 4.09. The number of hydrogen-bond acceptors (Lipinski definition) is 4. The highest BCUT2D eigenvalue weighted by Crippen LogP contribution is 2.00. The van der Waals surface area contributed by atoms with Crippen LogP contribution in [0.2, 0.25) is 0 Å². The maximum absolute atomic E-state index is 4.98. The van der Waals surface area contributed by atoms with Gasteiger partial charge in [-0.05, 0) is 11.6 Å². The lowest BCUT2D eigenvalue weighted by atomic mass is 10.2. The van der Waals surface area contributed by atoms with Gasteiger partial charge in [0, 0.05) is 32.1 Å². The normalized spacial score (nSPS) is 10.4. The van der Waals surface area contributed by atoms with Crippen LogP contribution in [-0.2, 0) is 17.9 Å². The lowest BCUT2D eigenvalue weighted by Crippen LogP contribution is -2.15. The second-order valence-electron chi connectivity index (χ2n) is 2.99. The third-order valence-electron chi connectivity index (χ3n) is 1.80. The minimum Gasteiger partial charge on any atom is -0.378 e. The van der Waals surface area contributed by atoms with E-state index in [1.165, 1.54) is 5.56 Å². The first-order chi connectivity index (χ1) is 6.86. The number of nitrogens with one attached hydrogen (secondary N) is 1. The molecule has 1 N–H and O–H groups in total. The number of ether oxygens (including phenoxy) is 1. The maximum atomic E-state index is 4.98. The highest BCUT2D eigenvalue weighted by atomic mass is 32.1. The molecular formula is C10H16N2OS. The number of hydrogen-bond donors (Lipinski definition) is 2. The summed E-state index contributed by atoms with van der Waals surface area (Å²) in [6.07, 6.45) is 1.87. The summed E-state index contributed by atoms with van der Waals surface area (Å²) >= 11 is 4.12. The van der Waals surface area contributed by atoms with E-state index in [0.717, 1.165) is 24.5 Å². The predicted octanol–water partition coefficient (Wildman–Crippen LogP) is 1.25. The quantitative estimate of drug-likeness (QED) is 0.550. The summed E-state index contributed by atoms with van der Waals surface area (Å²) in [7, 11) is 1.67. The molecule has 1 rings (SSSR count). The Hall–Kier alpha value is -0.580. The lowest BCUT2D eigenvalue weighted by molar-refractivity contribution is 0.181. The fourth-order valence-corrected chi connectivity index (χ4v) is 1.26. The fraction of sp³-hybridized carbons (Fsp3) is 0.500. The molecule has 1 heterocycles. The van der Waals surface area contributed by atoms with E-state index in [2.05, 4.69) is 29.0 Å². The summed E-state index contributed by atoms with van der Waals surface area (Å²) in [6, 6.07) is 4.05. The monoisotopic (exact) mass is 212 g/mol. The molecule has 0 aromatic carbocycles. The van der Waals surface area contributed by atoms with Gasteiger partial charge >= 0.3 is 0 Å². The Kier molecular flexibility index (Phi) is 5.59. The number of thiol groups is 1. The van der Waals surface area contributed by atoms with Crippen LogP contribution in [0, 0.1) is 0 Å². The summed E-state index contributed by atoms with van der Waals surface area (Å²) in [4.78, 5) is 4.26. The Balaban J connectivity index is 2.38. The van der Waals surface area contributed by atoms with Crippen molar-refractivity contribution in [3.63, 3.8) is 0 Å². The van der Waals surface area contributed by atoms with Gasteiger partial charge in [-0.3, -0.25) is 4.98 Å². The minimum atomic E-state index is 0.574. The van der Waals surface area contributed by atoms with Crippen molar-refractivity contribution < 1.29 is 4.74 Å². The molecule has 0 radical (unpaired) electrons. The van der Waals surface area contributed by atoms with Gasteiger partial charge in [-0.1, -0.05) is 6.07 Å². The highest BCUT2D eigenvalue weighted by Gasteiger charge is 1.95. The molecule has 0 aliphatic carbocycles. The molecular weight excluding hydrogens is 196 g/mol. The molecule has 78 valence electrons. The van der Waals surface area contributed by atoms with Crippen molar-refractivity contribution in [2.24, 2.45) is 0 Å². The summed E-state index contributed by atoms with van der Waals surface area (Å²) in [5.74, 6) is 0.856. The van der Waals surface area contributed by atoms with Crippen molar-refractivity contribution in [2.75, 3.05) is 19.4 Å². The average molecular weight is 212 g/mol. The van der Waals surface area contributed by atoms with Crippen molar-refractivity contribution >= 4 is 12.6 Å². The van der Waals surface area contributed by atoms with E-state index in [4.69, 9.17) is 4.74 Å². The minimum absolute atomic E-state index is 0.574. The number of methoxy groups -OCH3 is 1. The summed E-state index contributed by atoms with van der Waals surface area (Å²) in [6.45, 7) is 2.34. The van der Waals surface area contributed by atoms with E-state index in [0.29, 0.717) is 6.61 Å². The van der Waals surface area contributed by atoms with E-state index in [1.807, 2.05) is 12.3 Å². The third-order valence-corrected chi connectivity index (χ3v) is 2.02. The Bertz CT molecular complexity index is 251. The van der Waals surface area contributed by atoms with E-state index in [-0.39, 0.29) is 0 Å². The summed E-state index contributed by atoms with van der Waals surface area (Å²) in [5.41, 5.74) is 2.15. The van der Waals surface area contributed by atoms with Gasteiger partial charge in [-0.25, -0.2) is 0 Å². The zero-order valence-electron chi connectivity index (χ0n) is 8.36. The first kappa shape index (κ1) is 11.5. The van der Waals surface area contributed by atoms with Gasteiger partial charge in [0.25, 0.3) is 0 Å². The maximum Gasteiger partial charge on any atom is 0.0884 e. The van der Waals surface area contributed by atoms with Crippen molar-refractivity contribution in [1.82, 2.24) is 10.3 Å². The summed E-state index contributed by atoms with van der Waals surface area (Å²) in [5, 5.41) is 3.26. The Morgan fingerprint density at radius 3 is 2.93 bits per heavy atom. The van der Waals surface area contributed by atoms with Crippen LogP contribution in [0.1, 0.15) is 11.3 Å². The topological polar surface area (TPSA) is 34.1 Å². The standard InChI is InChI=1S/C10H16N2OS/c1-13-8-10-3-2-9(7-12-10)6-11-4-5-14/h2-3,7,11,14H,4-6,8H2,1H3. The van der Waals surface area contributed by atoms with Gasteiger partial charge in [-0.15, -0.1) is 0 Å². The Labute approximate surface area is 90.3 Å². The highest BCUT2D eigenvalue weighted by molar-refractivity contribution is 7.80. The van der Waals surface area contributed by atoms with Crippen LogP contribution < -0.4 is 5.32 Å². The van der Waals surface area contributed by atoms with E-state index >= 15 is 0 Å². The van der Waals surface area contributed by atoms with E-state index < -0.39 is 0 Å². The van der Waals surface area contributed by atoms with Crippen LogP contribution in [0.3, 0.4) is 0 Å². The molecule has 0 aliphatic rings. The second-order valence-corrected chi connectivity index (χ2v) is 3.44. The zero-order valence-corrected chi connectivity index (χ0v) is 9.26. The molecule has 14 heavy (non-hydrogen) atoms. The Morgan fingerprint density at radius 1 is 1.50 bits per heavy atom. The van der Waals surface area contributed by atoms with Gasteiger partial charge < -0.3 is 10.1 Å². The largest absolute Gasteiger partial charge is 0.378 e. The van der Waals surface area contributed by atoms with Crippen molar-refractivity contribution in [3.05, 3.63) is 29.6 Å². The molecule has 0 unspecified atom stereocenters. The van der Waals surface area contributed by atoms with Crippen LogP contribution in [0.25, 0.3) is 0 Å². The number of nitrogens with zero attached hydrogens (tertiary/aromatic N) is 1. The van der Waals surface area contributed by atoms with Crippen molar-refractivity contribution in [2.45, 2.75) is 13.2 Å². The van der Waals surface area contributed by atoms with E-state index in [9.17, 15) is 0 Å². The van der Waals surface area contributed by atoms with Crippen LogP contribution in [-0.4, -0.2) is 24.4 Å². The van der Waals surface area contributed by atoms with Gasteiger partial charge in [0.2, 0.25) is 0 Å². The molecule has 0 spiro atoms. The summed E-state index contributed by atoms with van der Waals surface area (Å²) < 4.78 is 4.98. The SMILES string of the molecule is COCc1ccc(CNCCS)cn1. The molecule has 0 saturated heterocycles. The molecule has 0 fully saturated rings. The van der Waals surface area contributed by atoms with Crippen molar-refractivity contribution in [3.8, 4) is 0 Å². The molecule has 1 aromatic heterocycles. The van der Waals surface area contributed by atoms with Crippen LogP contribution in [0.15, 0.2) is 18.3 Å². The van der Waals surface area contributed by atoms with Gasteiger partial charge in [0.1, 0.15) is 0 Å². The zero-order chi connectivity index (χ0) is 10.2. The Morgan fingerprint density at radius 2 is 2.36 bits per heavy atom. The number of rotatable bonds is 6. The lowest BCUT2D eigenvalue weighted by Gasteiger charge is -2.03. The first-order valence-corrected chi connectivity index (χ1v) is 5.24. The van der Waals surface area contributed by atoms with Crippen LogP contribution >= 0.6 is 12.6 Å². The number of aromatic nitrogens is 1. The molecule has 0 aliphatic heterocycles. The molecule has 3 nitrogen and oxygen atoms in total. The predicted molar refractivity (Wildman–Crippen MR) is 60.5 cm³/mol.